The minimum Gasteiger partial charge on any atom is -0.404 e. The first-order chi connectivity index (χ1) is 20.1. The molecule has 0 atom stereocenters. The normalized spacial score (nSPS) is 13.0. The van der Waals surface area contributed by atoms with Gasteiger partial charge in [0, 0.05) is 88.0 Å². The third kappa shape index (κ3) is 5.65. The Morgan fingerprint density at radius 2 is 2.07 bits per heavy atom. The van der Waals surface area contributed by atoms with E-state index in [0.717, 1.165) is 77.3 Å². The molecule has 0 aliphatic heterocycles. The summed E-state index contributed by atoms with van der Waals surface area (Å²) in [6.45, 7) is 1.71. The van der Waals surface area contributed by atoms with Crippen LogP contribution in [0.2, 0.25) is 0 Å². The predicted molar refractivity (Wildman–Crippen MR) is 160 cm³/mol. The zero-order valence-electron chi connectivity index (χ0n) is 23.3. The summed E-state index contributed by atoms with van der Waals surface area (Å²) in [5.41, 5.74) is 14.3. The average Bonchev–Trinajstić information content (AvgIpc) is 3.73. The summed E-state index contributed by atoms with van der Waals surface area (Å²) in [6.07, 6.45) is 16.2. The van der Waals surface area contributed by atoms with Crippen LogP contribution in [0, 0.1) is 0 Å². The quantitative estimate of drug-likeness (QED) is 0.255. The number of imidazole rings is 1. The number of hydrogen-bond donors (Lipinski definition) is 2. The van der Waals surface area contributed by atoms with Crippen molar-refractivity contribution in [2.45, 2.75) is 38.8 Å². The molecule has 4 heterocycles. The van der Waals surface area contributed by atoms with E-state index >= 15 is 0 Å². The van der Waals surface area contributed by atoms with E-state index in [1.165, 1.54) is 0 Å². The van der Waals surface area contributed by atoms with Crippen LogP contribution in [0.4, 0.5) is 11.8 Å². The second kappa shape index (κ2) is 11.6. The highest BCUT2D eigenvalue weighted by molar-refractivity contribution is 6.09. The fourth-order valence-corrected chi connectivity index (χ4v) is 5.30. The Balaban J connectivity index is 1.22. The van der Waals surface area contributed by atoms with Gasteiger partial charge in [0.05, 0.1) is 23.4 Å². The molecule has 0 saturated carbocycles. The van der Waals surface area contributed by atoms with Gasteiger partial charge in [-0.15, -0.1) is 0 Å². The van der Waals surface area contributed by atoms with Crippen LogP contribution < -0.4 is 11.1 Å². The molecule has 0 amide bonds. The van der Waals surface area contributed by atoms with Gasteiger partial charge in [-0.05, 0) is 36.0 Å². The first-order valence-electron chi connectivity index (χ1n) is 13.7. The van der Waals surface area contributed by atoms with Gasteiger partial charge in [-0.2, -0.15) is 10.2 Å². The molecule has 4 aromatic heterocycles. The van der Waals surface area contributed by atoms with Gasteiger partial charge in [0.2, 0.25) is 5.95 Å². The van der Waals surface area contributed by atoms with Gasteiger partial charge in [0.1, 0.15) is 0 Å². The van der Waals surface area contributed by atoms with Crippen LogP contribution in [-0.4, -0.2) is 52.3 Å². The van der Waals surface area contributed by atoms with E-state index in [2.05, 4.69) is 48.1 Å². The molecule has 0 spiro atoms. The van der Waals surface area contributed by atoms with Crippen LogP contribution in [0.3, 0.4) is 0 Å². The number of hydrogen-bond acceptors (Lipinski definition) is 8. The maximum atomic E-state index is 5.86. The average molecular weight is 548 g/mol. The van der Waals surface area contributed by atoms with Crippen LogP contribution >= 0.6 is 0 Å². The molecule has 1 aliphatic carbocycles. The zero-order valence-corrected chi connectivity index (χ0v) is 23.3. The molecule has 6 rings (SSSR count). The highest BCUT2D eigenvalue weighted by Gasteiger charge is 2.26. The number of aromatic nitrogens is 8. The molecule has 208 valence electrons. The number of nitrogens with one attached hydrogen (secondary N) is 1. The van der Waals surface area contributed by atoms with E-state index in [-0.39, 0.29) is 0 Å². The molecule has 5 aromatic rings. The van der Waals surface area contributed by atoms with Crippen molar-refractivity contribution in [3.8, 4) is 11.3 Å². The first-order valence-corrected chi connectivity index (χ1v) is 13.7. The highest BCUT2D eigenvalue weighted by Crippen LogP contribution is 2.36. The van der Waals surface area contributed by atoms with Gasteiger partial charge in [0.25, 0.3) is 0 Å². The molecule has 0 bridgehead atoms. The number of rotatable bonds is 10. The Kier molecular flexibility index (Phi) is 7.40. The Morgan fingerprint density at radius 1 is 1.15 bits per heavy atom. The number of benzene rings is 1. The molecule has 3 N–H and O–H groups in total. The monoisotopic (exact) mass is 547 g/mol. The lowest BCUT2D eigenvalue weighted by Gasteiger charge is -2.17. The molecule has 41 heavy (non-hydrogen) atoms. The van der Waals surface area contributed by atoms with Crippen molar-refractivity contribution in [1.29, 1.82) is 0 Å². The van der Waals surface area contributed by atoms with Crippen molar-refractivity contribution in [3.05, 3.63) is 95.7 Å². The maximum absolute atomic E-state index is 5.86. The molecule has 0 fully saturated rings. The van der Waals surface area contributed by atoms with Crippen molar-refractivity contribution in [2.24, 2.45) is 17.8 Å². The number of nitrogens with zero attached hydrogens (tertiary/aromatic N) is 9. The van der Waals surface area contributed by atoms with Crippen LogP contribution in [0.1, 0.15) is 34.5 Å². The fourth-order valence-electron chi connectivity index (χ4n) is 5.30. The van der Waals surface area contributed by atoms with Crippen molar-refractivity contribution < 1.29 is 0 Å². The second-order valence-corrected chi connectivity index (χ2v) is 10.1. The molecular formula is C30H33N11. The zero-order chi connectivity index (χ0) is 28.2. The summed E-state index contributed by atoms with van der Waals surface area (Å²) >= 11 is 0. The van der Waals surface area contributed by atoms with E-state index in [9.17, 15) is 0 Å². The summed E-state index contributed by atoms with van der Waals surface area (Å²) in [5.74, 6) is 1.24. The predicted octanol–water partition coefficient (Wildman–Crippen LogP) is 3.79. The van der Waals surface area contributed by atoms with Gasteiger partial charge >= 0.3 is 0 Å². The molecule has 0 radical (unpaired) electrons. The molecular weight excluding hydrogens is 514 g/mol. The van der Waals surface area contributed by atoms with E-state index < -0.39 is 0 Å². The number of fused-ring (bicyclic) bond motifs is 3. The summed E-state index contributed by atoms with van der Waals surface area (Å²) in [4.78, 5) is 17.8. The Bertz CT molecular complexity index is 1710. The lowest BCUT2D eigenvalue weighted by molar-refractivity contribution is 0.527. The van der Waals surface area contributed by atoms with Gasteiger partial charge < -0.3 is 15.6 Å². The number of aryl methyl sites for hydroxylation is 5. The van der Waals surface area contributed by atoms with E-state index in [0.29, 0.717) is 18.2 Å². The Morgan fingerprint density at radius 3 is 2.90 bits per heavy atom. The molecule has 0 saturated heterocycles. The topological polar surface area (TPSA) is 130 Å². The van der Waals surface area contributed by atoms with Crippen LogP contribution in [-0.2, 0) is 39.4 Å². The minimum atomic E-state index is 0.522. The largest absolute Gasteiger partial charge is 0.404 e. The fraction of sp³-hybridized carbons (Fsp3) is 0.267. The molecule has 11 nitrogen and oxygen atoms in total. The summed E-state index contributed by atoms with van der Waals surface area (Å²) < 4.78 is 5.98. The third-order valence-corrected chi connectivity index (χ3v) is 7.29. The number of aliphatic imine (C=N–C) groups is 1. The standard InChI is InChI=1S/C30H33N11/c1-32-18-24(17-31)22-6-3-5-21(15-22)16-26-28-25(37-39(26)2)8-7-23-19-34-30(36-29(23)28)35-27-9-13-41(38-27)12-4-11-40-14-10-33-20-40/h3,5-6,9-10,13-15,17-20H,4,7-8,11-12,16,31H2,1-2H3,(H,34,35,36,38)/b24-17+,32-18?. The highest BCUT2D eigenvalue weighted by atomic mass is 15.3. The van der Waals surface area contributed by atoms with Crippen molar-refractivity contribution in [1.82, 2.24) is 39.1 Å². The van der Waals surface area contributed by atoms with Crippen molar-refractivity contribution in [2.75, 3.05) is 12.4 Å². The number of allylic oxidation sites excluding steroid dienone is 1. The SMILES string of the molecule is CN=C/C(=C\N)c1cccc(Cc2c3c(nn2C)CCc2cnc(Nc4ccn(CCCn5ccnc5)n4)nc2-3)c1. The van der Waals surface area contributed by atoms with Gasteiger partial charge in [-0.3, -0.25) is 14.4 Å². The minimum absolute atomic E-state index is 0.522. The van der Waals surface area contributed by atoms with Crippen molar-refractivity contribution in [3.63, 3.8) is 0 Å². The lowest BCUT2D eigenvalue weighted by Crippen LogP contribution is -2.09. The van der Waals surface area contributed by atoms with Gasteiger partial charge in [-0.25, -0.2) is 15.0 Å². The molecule has 1 aliphatic rings. The first kappa shape index (κ1) is 26.2. The lowest BCUT2D eigenvalue weighted by atomic mass is 9.91. The van der Waals surface area contributed by atoms with E-state index in [4.69, 9.17) is 15.8 Å². The summed E-state index contributed by atoms with van der Waals surface area (Å²) in [5, 5.41) is 12.8. The van der Waals surface area contributed by atoms with Gasteiger partial charge in [-0.1, -0.05) is 24.3 Å². The van der Waals surface area contributed by atoms with Crippen LogP contribution in [0.15, 0.2) is 72.6 Å². The van der Waals surface area contributed by atoms with Gasteiger partial charge in [0.15, 0.2) is 5.82 Å². The third-order valence-electron chi connectivity index (χ3n) is 7.29. The Labute approximate surface area is 238 Å². The summed E-state index contributed by atoms with van der Waals surface area (Å²) in [7, 11) is 3.75. The Hall–Kier alpha value is -5.06. The maximum Gasteiger partial charge on any atom is 0.228 e. The van der Waals surface area contributed by atoms with Crippen molar-refractivity contribution >= 4 is 23.6 Å². The van der Waals surface area contributed by atoms with E-state index in [1.807, 2.05) is 53.5 Å². The number of nitrogens with two attached hydrogens (primary N) is 1. The van der Waals surface area contributed by atoms with E-state index in [1.54, 1.807) is 25.7 Å². The molecule has 11 heteroatoms. The summed E-state index contributed by atoms with van der Waals surface area (Å²) in [6, 6.07) is 10.3. The molecule has 0 unspecified atom stereocenters. The van der Waals surface area contributed by atoms with Crippen LogP contribution in [0.25, 0.3) is 16.8 Å². The number of anilines is 2. The molecule has 1 aromatic carbocycles. The van der Waals surface area contributed by atoms with Crippen LogP contribution in [0.5, 0.6) is 0 Å². The second-order valence-electron chi connectivity index (χ2n) is 10.1. The smallest absolute Gasteiger partial charge is 0.228 e.